The number of hydrogen-bond acceptors (Lipinski definition) is 2. The number of carboxylic acids is 1. The van der Waals surface area contributed by atoms with Crippen molar-refractivity contribution in [3.05, 3.63) is 0 Å². The second kappa shape index (κ2) is 3.05. The third-order valence-corrected chi connectivity index (χ3v) is 3.76. The highest BCUT2D eigenvalue weighted by Gasteiger charge is 2.50. The van der Waals surface area contributed by atoms with Gasteiger partial charge in [-0.1, -0.05) is 13.8 Å². The summed E-state index contributed by atoms with van der Waals surface area (Å²) in [6.45, 7) is 4.23. The zero-order valence-corrected chi connectivity index (χ0v) is 7.78. The summed E-state index contributed by atoms with van der Waals surface area (Å²) in [6, 6.07) is 0. The zero-order chi connectivity index (χ0) is 8.48. The first-order valence-electron chi connectivity index (χ1n) is 3.94. The van der Waals surface area contributed by atoms with Crippen LogP contribution in [0.25, 0.3) is 0 Å². The van der Waals surface area contributed by atoms with Gasteiger partial charge in [-0.15, -0.1) is 11.8 Å². The van der Waals surface area contributed by atoms with Gasteiger partial charge in [-0.3, -0.25) is 4.79 Å². The Balaban J connectivity index is 2.31. The summed E-state index contributed by atoms with van der Waals surface area (Å²) < 4.78 is -0.385. The Labute approximate surface area is 71.4 Å². The van der Waals surface area contributed by atoms with Crippen molar-refractivity contribution in [2.24, 2.45) is 5.92 Å². The van der Waals surface area contributed by atoms with Crippen LogP contribution in [0.1, 0.15) is 26.7 Å². The van der Waals surface area contributed by atoms with Gasteiger partial charge in [0.1, 0.15) is 4.75 Å². The molecular weight excluding hydrogens is 160 g/mol. The maximum absolute atomic E-state index is 10.7. The molecule has 11 heavy (non-hydrogen) atoms. The summed E-state index contributed by atoms with van der Waals surface area (Å²) in [5, 5.41) is 8.80. The van der Waals surface area contributed by atoms with Crippen molar-refractivity contribution in [1.82, 2.24) is 0 Å². The SMILES string of the molecule is CC(C)CSC1(C(=O)O)CC1. The van der Waals surface area contributed by atoms with Gasteiger partial charge in [-0.05, 0) is 24.5 Å². The van der Waals surface area contributed by atoms with Crippen molar-refractivity contribution in [2.75, 3.05) is 5.75 Å². The number of carboxylic acid groups (broad SMARTS) is 1. The standard InChI is InChI=1S/C8H14O2S/c1-6(2)5-11-8(3-4-8)7(9)10/h6H,3-5H2,1-2H3,(H,9,10). The smallest absolute Gasteiger partial charge is 0.319 e. The van der Waals surface area contributed by atoms with E-state index in [1.807, 2.05) is 0 Å². The molecule has 0 aromatic heterocycles. The lowest BCUT2D eigenvalue weighted by molar-refractivity contribution is -0.137. The Morgan fingerprint density at radius 3 is 2.45 bits per heavy atom. The van der Waals surface area contributed by atoms with Gasteiger partial charge >= 0.3 is 5.97 Å². The molecule has 1 fully saturated rings. The molecule has 1 aliphatic rings. The van der Waals surface area contributed by atoms with Crippen LogP contribution in [-0.2, 0) is 4.79 Å². The van der Waals surface area contributed by atoms with Crippen molar-refractivity contribution >= 4 is 17.7 Å². The second-order valence-corrected chi connectivity index (χ2v) is 4.91. The molecule has 0 saturated heterocycles. The molecule has 0 aromatic carbocycles. The van der Waals surface area contributed by atoms with E-state index in [2.05, 4.69) is 13.8 Å². The van der Waals surface area contributed by atoms with Crippen molar-refractivity contribution in [3.8, 4) is 0 Å². The van der Waals surface area contributed by atoms with Crippen LogP contribution in [0.5, 0.6) is 0 Å². The van der Waals surface area contributed by atoms with Gasteiger partial charge in [-0.25, -0.2) is 0 Å². The Bertz CT molecular complexity index is 161. The van der Waals surface area contributed by atoms with E-state index < -0.39 is 5.97 Å². The van der Waals surface area contributed by atoms with E-state index in [-0.39, 0.29) is 4.75 Å². The van der Waals surface area contributed by atoms with E-state index in [1.165, 1.54) is 0 Å². The fourth-order valence-electron chi connectivity index (χ4n) is 0.860. The van der Waals surface area contributed by atoms with Crippen molar-refractivity contribution in [2.45, 2.75) is 31.4 Å². The Morgan fingerprint density at radius 1 is 1.64 bits per heavy atom. The molecule has 0 bridgehead atoms. The van der Waals surface area contributed by atoms with Crippen LogP contribution in [0.15, 0.2) is 0 Å². The summed E-state index contributed by atoms with van der Waals surface area (Å²) in [5.41, 5.74) is 0. The molecule has 1 aliphatic carbocycles. The van der Waals surface area contributed by atoms with Crippen LogP contribution in [0.2, 0.25) is 0 Å². The predicted molar refractivity (Wildman–Crippen MR) is 46.9 cm³/mol. The first kappa shape index (κ1) is 8.91. The predicted octanol–water partition coefficient (Wildman–Crippen LogP) is 1.99. The first-order chi connectivity index (χ1) is 5.07. The van der Waals surface area contributed by atoms with Crippen molar-refractivity contribution < 1.29 is 9.90 Å². The molecule has 1 N–H and O–H groups in total. The minimum atomic E-state index is -0.622. The molecule has 0 unspecified atom stereocenters. The Morgan fingerprint density at radius 2 is 2.18 bits per heavy atom. The highest BCUT2D eigenvalue weighted by atomic mass is 32.2. The number of aliphatic carboxylic acids is 1. The molecule has 1 saturated carbocycles. The number of carbonyl (C=O) groups is 1. The molecule has 0 aromatic rings. The van der Waals surface area contributed by atoms with E-state index in [9.17, 15) is 4.79 Å². The largest absolute Gasteiger partial charge is 0.480 e. The number of thioether (sulfide) groups is 1. The molecule has 0 radical (unpaired) electrons. The van der Waals surface area contributed by atoms with Gasteiger partial charge in [0.2, 0.25) is 0 Å². The van der Waals surface area contributed by atoms with Gasteiger partial charge in [0.25, 0.3) is 0 Å². The molecule has 0 aliphatic heterocycles. The second-order valence-electron chi connectivity index (χ2n) is 3.50. The highest BCUT2D eigenvalue weighted by Crippen LogP contribution is 2.49. The summed E-state index contributed by atoms with van der Waals surface area (Å²) >= 11 is 1.61. The Kier molecular flexibility index (Phi) is 2.47. The van der Waals surface area contributed by atoms with Crippen LogP contribution in [0.4, 0.5) is 0 Å². The van der Waals surface area contributed by atoms with Crippen LogP contribution in [0, 0.1) is 5.92 Å². The monoisotopic (exact) mass is 174 g/mol. The zero-order valence-electron chi connectivity index (χ0n) is 6.96. The van der Waals surface area contributed by atoms with Gasteiger partial charge in [0.15, 0.2) is 0 Å². The quantitative estimate of drug-likeness (QED) is 0.708. The van der Waals surface area contributed by atoms with Crippen LogP contribution in [-0.4, -0.2) is 21.6 Å². The number of rotatable bonds is 4. The average molecular weight is 174 g/mol. The van der Waals surface area contributed by atoms with E-state index in [0.717, 1.165) is 18.6 Å². The molecule has 64 valence electrons. The molecule has 0 spiro atoms. The molecule has 1 rings (SSSR count). The third kappa shape index (κ3) is 2.12. The van der Waals surface area contributed by atoms with E-state index in [1.54, 1.807) is 11.8 Å². The number of hydrogen-bond donors (Lipinski definition) is 1. The van der Waals surface area contributed by atoms with Gasteiger partial charge in [0.05, 0.1) is 0 Å². The van der Waals surface area contributed by atoms with Gasteiger partial charge in [0, 0.05) is 0 Å². The molecule has 0 atom stereocenters. The summed E-state index contributed by atoms with van der Waals surface area (Å²) in [7, 11) is 0. The third-order valence-electron chi connectivity index (χ3n) is 1.79. The van der Waals surface area contributed by atoms with Crippen LogP contribution >= 0.6 is 11.8 Å². The minimum absolute atomic E-state index is 0.385. The molecule has 0 heterocycles. The molecule has 2 nitrogen and oxygen atoms in total. The lowest BCUT2D eigenvalue weighted by Crippen LogP contribution is -2.18. The Hall–Kier alpha value is -0.180. The fraction of sp³-hybridized carbons (Fsp3) is 0.875. The maximum Gasteiger partial charge on any atom is 0.319 e. The average Bonchev–Trinajstić information content (AvgIpc) is 2.63. The lowest BCUT2D eigenvalue weighted by atomic mass is 10.3. The fourth-order valence-corrected chi connectivity index (χ4v) is 2.03. The highest BCUT2D eigenvalue weighted by molar-refractivity contribution is 8.01. The first-order valence-corrected chi connectivity index (χ1v) is 4.93. The lowest BCUT2D eigenvalue weighted by Gasteiger charge is -2.10. The maximum atomic E-state index is 10.7. The van der Waals surface area contributed by atoms with Crippen LogP contribution < -0.4 is 0 Å². The van der Waals surface area contributed by atoms with E-state index >= 15 is 0 Å². The molecule has 0 amide bonds. The normalized spacial score (nSPS) is 20.3. The van der Waals surface area contributed by atoms with E-state index in [0.29, 0.717) is 5.92 Å². The molecule has 3 heteroatoms. The summed E-state index contributed by atoms with van der Waals surface area (Å²) in [6.07, 6.45) is 1.72. The van der Waals surface area contributed by atoms with Gasteiger partial charge in [-0.2, -0.15) is 0 Å². The van der Waals surface area contributed by atoms with Gasteiger partial charge < -0.3 is 5.11 Å². The van der Waals surface area contributed by atoms with E-state index in [4.69, 9.17) is 5.11 Å². The van der Waals surface area contributed by atoms with Crippen molar-refractivity contribution in [3.63, 3.8) is 0 Å². The van der Waals surface area contributed by atoms with Crippen molar-refractivity contribution in [1.29, 1.82) is 0 Å². The summed E-state index contributed by atoms with van der Waals surface area (Å²) in [5.74, 6) is 0.937. The molecular formula is C8H14O2S. The topological polar surface area (TPSA) is 37.3 Å². The summed E-state index contributed by atoms with van der Waals surface area (Å²) in [4.78, 5) is 10.7. The minimum Gasteiger partial charge on any atom is -0.480 e. The van der Waals surface area contributed by atoms with Crippen LogP contribution in [0.3, 0.4) is 0 Å².